The number of aromatic nitrogens is 2. The minimum Gasteiger partial charge on any atom is -0.507 e. The molecule has 1 aliphatic rings. The highest BCUT2D eigenvalue weighted by molar-refractivity contribution is 6.32. The van der Waals surface area contributed by atoms with Gasteiger partial charge in [0.25, 0.3) is 0 Å². The van der Waals surface area contributed by atoms with Gasteiger partial charge in [-0.1, -0.05) is 33.3 Å². The van der Waals surface area contributed by atoms with Gasteiger partial charge in [0.2, 0.25) is 11.8 Å². The van der Waals surface area contributed by atoms with E-state index >= 15 is 0 Å². The van der Waals surface area contributed by atoms with Crippen molar-refractivity contribution in [2.75, 3.05) is 12.3 Å². The highest BCUT2D eigenvalue weighted by Crippen LogP contribution is 2.40. The molecular formula is C41H49N5O12. The number of amides is 2. The Morgan fingerprint density at radius 2 is 1.45 bits per heavy atom. The fourth-order valence-electron chi connectivity index (χ4n) is 7.03. The molecular weight excluding hydrogens is 754 g/mol. The molecule has 0 saturated heterocycles. The maximum absolute atomic E-state index is 13.8. The van der Waals surface area contributed by atoms with Gasteiger partial charge >= 0.3 is 11.9 Å². The summed E-state index contributed by atoms with van der Waals surface area (Å²) in [5, 5.41) is 45.2. The number of carbonyl (C=O) groups is 8. The van der Waals surface area contributed by atoms with Gasteiger partial charge in [0.15, 0.2) is 17.3 Å². The summed E-state index contributed by atoms with van der Waals surface area (Å²) in [6.45, 7) is 5.51. The molecule has 0 spiro atoms. The largest absolute Gasteiger partial charge is 0.507 e. The zero-order chi connectivity index (χ0) is 42.8. The second-order valence-corrected chi connectivity index (χ2v) is 14.8. The number of nitrogen functional groups attached to an aromatic ring is 1. The standard InChI is InChI=1S/C41H49N5O12/c1-4-20(2)21(3)30(49)14-23(8-12-32(51)52)41(58)46-27(17-25-18-43-19-45-25)31(50)15-24(16-33(53)54)40(57)44-13-5-6-22-7-10-28(47)36-34(22)38(55)37-29(48)11-9-26(42)35(37)39(36)56/h7,9-11,18-21,23-24,27,47-48H,4-6,8,12-17,42H2,1-3H3,(H,43,45)(H,44,57)(H,46,58)(H,51,52)(H,53,54)/t20?,21-,23+,24-,27-/m0/s1. The van der Waals surface area contributed by atoms with Crippen molar-refractivity contribution >= 4 is 52.6 Å². The first-order chi connectivity index (χ1) is 27.4. The molecule has 0 bridgehead atoms. The Bertz CT molecular complexity index is 2080. The lowest BCUT2D eigenvalue weighted by Gasteiger charge is -2.24. The Kier molecular flexibility index (Phi) is 15.0. The van der Waals surface area contributed by atoms with Crippen LogP contribution in [0.25, 0.3) is 0 Å². The van der Waals surface area contributed by atoms with Crippen molar-refractivity contribution in [1.82, 2.24) is 20.6 Å². The number of nitrogens with zero attached hydrogens (tertiary/aromatic N) is 1. The molecule has 17 nitrogen and oxygen atoms in total. The number of fused-ring (bicyclic) bond motifs is 2. The number of nitrogens with one attached hydrogen (secondary N) is 3. The third kappa shape index (κ3) is 10.7. The molecule has 0 aliphatic heterocycles. The van der Waals surface area contributed by atoms with Gasteiger partial charge in [0.05, 0.1) is 41.4 Å². The average Bonchev–Trinajstić information content (AvgIpc) is 3.69. The predicted molar refractivity (Wildman–Crippen MR) is 207 cm³/mol. The fourth-order valence-corrected chi connectivity index (χ4v) is 7.03. The van der Waals surface area contributed by atoms with Crippen LogP contribution >= 0.6 is 0 Å². The zero-order valence-electron chi connectivity index (χ0n) is 32.5. The molecule has 4 rings (SSSR count). The molecule has 9 N–H and O–H groups in total. The van der Waals surface area contributed by atoms with Crippen molar-refractivity contribution < 1.29 is 58.8 Å². The van der Waals surface area contributed by atoms with Crippen molar-refractivity contribution in [1.29, 1.82) is 0 Å². The quantitative estimate of drug-likeness (QED) is 0.0322. The summed E-state index contributed by atoms with van der Waals surface area (Å²) in [6, 6.07) is 3.84. The van der Waals surface area contributed by atoms with Gasteiger partial charge in [0, 0.05) is 67.2 Å². The number of hydrogen-bond acceptors (Lipinski definition) is 12. The Hall–Kier alpha value is -6.39. The number of hydrogen-bond donors (Lipinski definition) is 8. The lowest BCUT2D eigenvalue weighted by molar-refractivity contribution is -0.142. The van der Waals surface area contributed by atoms with Crippen LogP contribution < -0.4 is 16.4 Å². The van der Waals surface area contributed by atoms with E-state index in [0.29, 0.717) is 17.7 Å². The first kappa shape index (κ1) is 44.3. The lowest BCUT2D eigenvalue weighted by atomic mass is 9.79. The van der Waals surface area contributed by atoms with Gasteiger partial charge in [-0.2, -0.15) is 0 Å². The van der Waals surface area contributed by atoms with Crippen LogP contribution in [0.3, 0.4) is 0 Å². The number of H-pyrrole nitrogens is 1. The van der Waals surface area contributed by atoms with Crippen molar-refractivity contribution in [2.24, 2.45) is 23.7 Å². The molecule has 5 atom stereocenters. The number of nitrogens with two attached hydrogens (primary N) is 1. The lowest BCUT2D eigenvalue weighted by Crippen LogP contribution is -2.47. The Morgan fingerprint density at radius 1 is 0.810 bits per heavy atom. The Balaban J connectivity index is 1.47. The monoisotopic (exact) mass is 803 g/mol. The second kappa shape index (κ2) is 19.7. The van der Waals surface area contributed by atoms with Gasteiger partial charge in [0.1, 0.15) is 17.3 Å². The first-order valence-corrected chi connectivity index (χ1v) is 19.0. The SMILES string of the molecule is CCC(C)[C@H](C)C(=O)C[C@@H](CCC(=O)O)C(=O)N[C@@H](Cc1cnc[nH]1)C(=O)C[C@@H](CC(=O)O)C(=O)NCCCc1ccc(O)c2c1C(=O)c1c(O)ccc(N)c1C2=O. The number of aromatic hydroxyl groups is 2. The second-order valence-electron chi connectivity index (χ2n) is 14.8. The van der Waals surface area contributed by atoms with Crippen LogP contribution in [0.5, 0.6) is 11.5 Å². The van der Waals surface area contributed by atoms with Crippen LogP contribution in [0.4, 0.5) is 5.69 Å². The van der Waals surface area contributed by atoms with Crippen molar-refractivity contribution in [2.45, 2.75) is 84.6 Å². The van der Waals surface area contributed by atoms with E-state index in [-0.39, 0.29) is 78.3 Å². The molecule has 1 aliphatic carbocycles. The van der Waals surface area contributed by atoms with Gasteiger partial charge in [-0.05, 0) is 48.9 Å². The van der Waals surface area contributed by atoms with Crippen LogP contribution in [-0.2, 0) is 41.6 Å². The van der Waals surface area contributed by atoms with E-state index in [0.717, 1.165) is 0 Å². The smallest absolute Gasteiger partial charge is 0.304 e. The van der Waals surface area contributed by atoms with Crippen molar-refractivity contribution in [3.8, 4) is 11.5 Å². The molecule has 2 amide bonds. The van der Waals surface area contributed by atoms with Crippen molar-refractivity contribution in [3.05, 3.63) is 70.3 Å². The van der Waals surface area contributed by atoms with Crippen LogP contribution in [-0.4, -0.2) is 89.9 Å². The topological polar surface area (TPSA) is 296 Å². The molecule has 17 heteroatoms. The van der Waals surface area contributed by atoms with Crippen LogP contribution in [0.1, 0.15) is 109 Å². The van der Waals surface area contributed by atoms with Crippen LogP contribution in [0.15, 0.2) is 36.8 Å². The van der Waals surface area contributed by atoms with Gasteiger partial charge in [-0.25, -0.2) is 4.98 Å². The molecule has 1 heterocycles. The first-order valence-electron chi connectivity index (χ1n) is 19.0. The Labute approximate surface area is 333 Å². The molecule has 3 aromatic rings. The summed E-state index contributed by atoms with van der Waals surface area (Å²) < 4.78 is 0. The molecule has 310 valence electrons. The van der Waals surface area contributed by atoms with Gasteiger partial charge in [-0.3, -0.25) is 38.4 Å². The number of aliphatic carboxylic acids is 2. The number of aromatic amines is 1. The molecule has 0 fully saturated rings. The minimum absolute atomic E-state index is 0.0181. The summed E-state index contributed by atoms with van der Waals surface area (Å²) in [4.78, 5) is 111. The fraction of sp³-hybridized carbons (Fsp3) is 0.439. The molecule has 58 heavy (non-hydrogen) atoms. The Morgan fingerprint density at radius 3 is 2.07 bits per heavy atom. The van der Waals surface area contributed by atoms with Crippen LogP contribution in [0, 0.1) is 23.7 Å². The number of phenolic OH excluding ortho intramolecular Hbond substituents is 2. The van der Waals surface area contributed by atoms with E-state index in [4.69, 9.17) is 5.73 Å². The summed E-state index contributed by atoms with van der Waals surface area (Å²) in [5.74, 6) is -10.2. The number of imidazole rings is 1. The number of phenols is 2. The summed E-state index contributed by atoms with van der Waals surface area (Å²) in [6.07, 6.45) is 1.46. The van der Waals surface area contributed by atoms with E-state index in [1.165, 1.54) is 36.8 Å². The molecule has 1 aromatic heterocycles. The third-order valence-electron chi connectivity index (χ3n) is 10.8. The van der Waals surface area contributed by atoms with E-state index < -0.39 is 95.7 Å². The van der Waals surface area contributed by atoms with E-state index in [1.54, 1.807) is 6.92 Å². The minimum atomic E-state index is -1.38. The summed E-state index contributed by atoms with van der Waals surface area (Å²) >= 11 is 0. The molecule has 0 saturated carbocycles. The zero-order valence-corrected chi connectivity index (χ0v) is 32.5. The maximum Gasteiger partial charge on any atom is 0.304 e. The number of carbonyl (C=O) groups excluding carboxylic acids is 6. The third-order valence-corrected chi connectivity index (χ3v) is 10.8. The number of aryl methyl sites for hydroxylation is 1. The number of rotatable bonds is 22. The normalized spacial score (nSPS) is 14.6. The van der Waals surface area contributed by atoms with Gasteiger partial charge < -0.3 is 41.8 Å². The van der Waals surface area contributed by atoms with E-state index in [1.807, 2.05) is 13.8 Å². The number of ketones is 4. The highest BCUT2D eigenvalue weighted by atomic mass is 16.4. The van der Waals surface area contributed by atoms with Crippen molar-refractivity contribution in [3.63, 3.8) is 0 Å². The number of carboxylic acids is 2. The number of anilines is 1. The molecule has 2 aromatic carbocycles. The molecule has 0 radical (unpaired) electrons. The average molecular weight is 804 g/mol. The highest BCUT2D eigenvalue weighted by Gasteiger charge is 2.38. The van der Waals surface area contributed by atoms with Crippen LogP contribution in [0.2, 0.25) is 0 Å². The van der Waals surface area contributed by atoms with E-state index in [9.17, 15) is 58.8 Å². The van der Waals surface area contributed by atoms with Gasteiger partial charge in [-0.15, -0.1) is 0 Å². The molecule has 1 unspecified atom stereocenters. The number of Topliss-reactive ketones (excluding diaryl/α,β-unsaturated/α-hetero) is 2. The summed E-state index contributed by atoms with van der Waals surface area (Å²) in [5.41, 5.74) is 5.75. The predicted octanol–water partition coefficient (Wildman–Crippen LogP) is 3.13. The van der Waals surface area contributed by atoms with E-state index in [2.05, 4.69) is 20.6 Å². The number of carboxylic acid groups (broad SMARTS) is 2. The summed E-state index contributed by atoms with van der Waals surface area (Å²) in [7, 11) is 0. The maximum atomic E-state index is 13.8. The number of benzene rings is 2.